The van der Waals surface area contributed by atoms with Gasteiger partial charge in [0, 0.05) is 19.3 Å². The first-order chi connectivity index (χ1) is 8.74. The molecule has 1 aliphatic rings. The van der Waals surface area contributed by atoms with Crippen molar-refractivity contribution in [2.45, 2.75) is 26.2 Å². The van der Waals surface area contributed by atoms with E-state index in [1.54, 1.807) is 12.1 Å². The number of carbonyl (C=O) groups excluding carboxylic acids is 1. The number of hydrogen-bond acceptors (Lipinski definition) is 3. The van der Waals surface area contributed by atoms with Gasteiger partial charge in [0.15, 0.2) is 0 Å². The zero-order chi connectivity index (χ0) is 13.0. The Kier molecular flexibility index (Phi) is 3.93. The van der Waals surface area contributed by atoms with Crippen LogP contribution >= 0.6 is 0 Å². The summed E-state index contributed by atoms with van der Waals surface area (Å²) in [5, 5.41) is 8.69. The van der Waals surface area contributed by atoms with Gasteiger partial charge in [-0.25, -0.2) is 4.98 Å². The van der Waals surface area contributed by atoms with Crippen molar-refractivity contribution in [2.75, 3.05) is 13.1 Å². The molecule has 18 heavy (non-hydrogen) atoms. The molecule has 94 valence electrons. The van der Waals surface area contributed by atoms with E-state index in [0.29, 0.717) is 11.3 Å². The number of nitriles is 1. The largest absolute Gasteiger partial charge is 0.337 e. The number of piperidine rings is 1. The average molecular weight is 243 g/mol. The lowest BCUT2D eigenvalue weighted by molar-refractivity contribution is 0.0683. The van der Waals surface area contributed by atoms with E-state index in [1.165, 1.54) is 12.6 Å². The van der Waals surface area contributed by atoms with E-state index in [2.05, 4.69) is 11.9 Å². The van der Waals surface area contributed by atoms with Crippen molar-refractivity contribution in [3.8, 4) is 6.07 Å². The maximum atomic E-state index is 12.2. The molecule has 0 N–H and O–H groups in total. The molecule has 0 unspecified atom stereocenters. The third-order valence-corrected chi connectivity index (χ3v) is 3.59. The first kappa shape index (κ1) is 12.6. The Morgan fingerprint density at radius 1 is 1.50 bits per heavy atom. The molecule has 1 aromatic rings. The molecule has 4 nitrogen and oxygen atoms in total. The first-order valence-electron chi connectivity index (χ1n) is 6.40. The maximum Gasteiger partial charge on any atom is 0.272 e. The van der Waals surface area contributed by atoms with Gasteiger partial charge in [0.25, 0.3) is 5.91 Å². The zero-order valence-corrected chi connectivity index (χ0v) is 10.6. The molecule has 1 fully saturated rings. The second-order valence-corrected chi connectivity index (χ2v) is 4.69. The van der Waals surface area contributed by atoms with Gasteiger partial charge in [-0.3, -0.25) is 4.79 Å². The van der Waals surface area contributed by atoms with Crippen LogP contribution in [-0.2, 0) is 0 Å². The molecule has 1 amide bonds. The summed E-state index contributed by atoms with van der Waals surface area (Å²) in [6.07, 6.45) is 4.81. The lowest BCUT2D eigenvalue weighted by Gasteiger charge is -2.31. The summed E-state index contributed by atoms with van der Waals surface area (Å²) in [5.41, 5.74) is 0.917. The highest BCUT2D eigenvalue weighted by Gasteiger charge is 2.23. The van der Waals surface area contributed by atoms with Gasteiger partial charge < -0.3 is 4.90 Å². The van der Waals surface area contributed by atoms with Crippen molar-refractivity contribution in [3.63, 3.8) is 0 Å². The van der Waals surface area contributed by atoms with Crippen LogP contribution in [0, 0.1) is 17.2 Å². The van der Waals surface area contributed by atoms with Crippen molar-refractivity contribution >= 4 is 5.91 Å². The first-order valence-corrected chi connectivity index (χ1v) is 6.40. The fraction of sp³-hybridized carbons (Fsp3) is 0.500. The fourth-order valence-electron chi connectivity index (χ4n) is 2.29. The molecule has 1 aliphatic heterocycles. The summed E-state index contributed by atoms with van der Waals surface area (Å²) < 4.78 is 0. The predicted octanol–water partition coefficient (Wildman–Crippen LogP) is 2.22. The second-order valence-electron chi connectivity index (χ2n) is 4.69. The monoisotopic (exact) mass is 243 g/mol. The highest BCUT2D eigenvalue weighted by molar-refractivity contribution is 5.92. The molecular weight excluding hydrogens is 226 g/mol. The van der Waals surface area contributed by atoms with Gasteiger partial charge in [-0.2, -0.15) is 5.26 Å². The quantitative estimate of drug-likeness (QED) is 0.800. The number of pyridine rings is 1. The minimum absolute atomic E-state index is 0.0194. The number of nitrogens with zero attached hydrogens (tertiary/aromatic N) is 3. The lowest BCUT2D eigenvalue weighted by atomic mass is 9.94. The normalized spacial score (nSPS) is 16.3. The van der Waals surface area contributed by atoms with E-state index >= 15 is 0 Å². The SMILES string of the molecule is CCC1CCN(C(=O)c2ccc(C#N)cn2)CC1. The van der Waals surface area contributed by atoms with Crippen LogP contribution in [0.1, 0.15) is 42.2 Å². The number of rotatable bonds is 2. The number of amides is 1. The number of likely N-dealkylation sites (tertiary alicyclic amines) is 1. The molecule has 0 saturated carbocycles. The van der Waals surface area contributed by atoms with Gasteiger partial charge >= 0.3 is 0 Å². The molecule has 2 heterocycles. The third-order valence-electron chi connectivity index (χ3n) is 3.59. The molecule has 0 spiro atoms. The number of aromatic nitrogens is 1. The van der Waals surface area contributed by atoms with E-state index < -0.39 is 0 Å². The molecule has 0 atom stereocenters. The molecule has 0 aliphatic carbocycles. The molecular formula is C14H17N3O. The average Bonchev–Trinajstić information content (AvgIpc) is 2.47. The van der Waals surface area contributed by atoms with Gasteiger partial charge in [0.05, 0.1) is 5.56 Å². The van der Waals surface area contributed by atoms with Gasteiger partial charge in [0.1, 0.15) is 11.8 Å². The molecule has 1 saturated heterocycles. The predicted molar refractivity (Wildman–Crippen MR) is 67.9 cm³/mol. The highest BCUT2D eigenvalue weighted by Crippen LogP contribution is 2.20. The van der Waals surface area contributed by atoms with E-state index in [0.717, 1.165) is 31.8 Å². The van der Waals surface area contributed by atoms with Crippen molar-refractivity contribution in [1.82, 2.24) is 9.88 Å². The Morgan fingerprint density at radius 2 is 2.22 bits per heavy atom. The van der Waals surface area contributed by atoms with Crippen LogP contribution in [0.5, 0.6) is 0 Å². The highest BCUT2D eigenvalue weighted by atomic mass is 16.2. The topological polar surface area (TPSA) is 57.0 Å². The van der Waals surface area contributed by atoms with Gasteiger partial charge in [-0.15, -0.1) is 0 Å². The van der Waals surface area contributed by atoms with Crippen LogP contribution in [0.3, 0.4) is 0 Å². The molecule has 0 aromatic carbocycles. The summed E-state index contributed by atoms with van der Waals surface area (Å²) in [7, 11) is 0. The van der Waals surface area contributed by atoms with Gasteiger partial charge in [-0.05, 0) is 30.9 Å². The van der Waals surface area contributed by atoms with Gasteiger partial charge in [0.2, 0.25) is 0 Å². The number of carbonyl (C=O) groups is 1. The standard InChI is InChI=1S/C14H17N3O/c1-2-11-5-7-17(8-6-11)14(18)13-4-3-12(9-15)10-16-13/h3-4,10-11H,2,5-8H2,1H3. The van der Waals surface area contributed by atoms with E-state index in [9.17, 15) is 4.79 Å². The minimum atomic E-state index is -0.0194. The molecule has 1 aromatic heterocycles. The summed E-state index contributed by atoms with van der Waals surface area (Å²) in [6, 6.07) is 5.27. The Morgan fingerprint density at radius 3 is 2.72 bits per heavy atom. The maximum absolute atomic E-state index is 12.2. The van der Waals surface area contributed by atoms with Crippen LogP contribution in [0.4, 0.5) is 0 Å². The summed E-state index contributed by atoms with van der Waals surface area (Å²) in [5.74, 6) is 0.733. The molecule has 2 rings (SSSR count). The van der Waals surface area contributed by atoms with Crippen LogP contribution < -0.4 is 0 Å². The summed E-state index contributed by atoms with van der Waals surface area (Å²) in [6.45, 7) is 3.84. The van der Waals surface area contributed by atoms with Crippen LogP contribution in [0.15, 0.2) is 18.3 Å². The second kappa shape index (κ2) is 5.63. The van der Waals surface area contributed by atoms with Crippen LogP contribution in [-0.4, -0.2) is 28.9 Å². The smallest absolute Gasteiger partial charge is 0.272 e. The minimum Gasteiger partial charge on any atom is -0.337 e. The van der Waals surface area contributed by atoms with Crippen molar-refractivity contribution in [2.24, 2.45) is 5.92 Å². The Labute approximate surface area is 107 Å². The number of hydrogen-bond donors (Lipinski definition) is 0. The van der Waals surface area contributed by atoms with Crippen molar-refractivity contribution in [1.29, 1.82) is 5.26 Å². The van der Waals surface area contributed by atoms with Crippen LogP contribution in [0.2, 0.25) is 0 Å². The Balaban J connectivity index is 2.01. The van der Waals surface area contributed by atoms with Crippen molar-refractivity contribution < 1.29 is 4.79 Å². The van der Waals surface area contributed by atoms with Gasteiger partial charge in [-0.1, -0.05) is 13.3 Å². The van der Waals surface area contributed by atoms with Crippen LogP contribution in [0.25, 0.3) is 0 Å². The van der Waals surface area contributed by atoms with E-state index in [4.69, 9.17) is 5.26 Å². The molecule has 0 bridgehead atoms. The summed E-state index contributed by atoms with van der Waals surface area (Å²) >= 11 is 0. The zero-order valence-electron chi connectivity index (χ0n) is 10.6. The Hall–Kier alpha value is -1.89. The molecule has 0 radical (unpaired) electrons. The third kappa shape index (κ3) is 2.67. The summed E-state index contributed by atoms with van der Waals surface area (Å²) in [4.78, 5) is 18.1. The van der Waals surface area contributed by atoms with E-state index in [1.807, 2.05) is 11.0 Å². The Bertz CT molecular complexity index is 453. The van der Waals surface area contributed by atoms with E-state index in [-0.39, 0.29) is 5.91 Å². The fourth-order valence-corrected chi connectivity index (χ4v) is 2.29. The molecule has 4 heteroatoms. The lowest BCUT2D eigenvalue weighted by Crippen LogP contribution is -2.38. The van der Waals surface area contributed by atoms with Crippen molar-refractivity contribution in [3.05, 3.63) is 29.6 Å².